The van der Waals surface area contributed by atoms with Gasteiger partial charge in [0.05, 0.1) is 13.2 Å². The summed E-state index contributed by atoms with van der Waals surface area (Å²) in [5.74, 6) is 0. The lowest BCUT2D eigenvalue weighted by molar-refractivity contribution is 0.0177. The number of nitrogens with zero attached hydrogens (tertiary/aromatic N) is 2. The van der Waals surface area contributed by atoms with Gasteiger partial charge < -0.3 is 9.47 Å². The number of rotatable bonds is 16. The minimum absolute atomic E-state index is 0.157. The lowest BCUT2D eigenvalue weighted by Crippen LogP contribution is -2.53. The molecule has 2 aliphatic rings. The third kappa shape index (κ3) is 11.9. The number of carbonyl (C=O) groups is 2. The largest absolute Gasteiger partial charge is 0.449 e. The van der Waals surface area contributed by atoms with Crippen LogP contribution in [0.25, 0.3) is 0 Å². The van der Waals surface area contributed by atoms with E-state index in [4.69, 9.17) is 9.47 Å². The van der Waals surface area contributed by atoms with Crippen molar-refractivity contribution in [1.29, 1.82) is 0 Å². The Balaban J connectivity index is 1.98. The zero-order valence-electron chi connectivity index (χ0n) is 22.9. The number of ether oxygens (including phenoxy) is 2. The molecule has 0 aromatic heterocycles. The van der Waals surface area contributed by atoms with Gasteiger partial charge in [-0.2, -0.15) is 0 Å². The van der Waals surface area contributed by atoms with Gasteiger partial charge in [-0.1, -0.05) is 104 Å². The average molecular weight is 495 g/mol. The van der Waals surface area contributed by atoms with Crippen molar-refractivity contribution in [3.63, 3.8) is 0 Å². The highest BCUT2D eigenvalue weighted by Crippen LogP contribution is 2.27. The molecule has 2 rings (SSSR count). The molecule has 2 amide bonds. The van der Waals surface area contributed by atoms with E-state index in [9.17, 15) is 9.59 Å². The molecule has 204 valence electrons. The Bertz CT molecular complexity index is 511. The van der Waals surface area contributed by atoms with Crippen molar-refractivity contribution in [2.24, 2.45) is 0 Å². The molecule has 2 saturated carbocycles. The van der Waals surface area contributed by atoms with Crippen LogP contribution in [0.15, 0.2) is 0 Å². The van der Waals surface area contributed by atoms with Gasteiger partial charge in [-0.3, -0.25) is 9.80 Å². The molecule has 0 radical (unpaired) electrons. The lowest BCUT2D eigenvalue weighted by atomic mass is 9.93. The van der Waals surface area contributed by atoms with E-state index in [1.165, 1.54) is 51.4 Å². The molecule has 2 fully saturated rings. The van der Waals surface area contributed by atoms with Crippen LogP contribution in [0.4, 0.5) is 9.59 Å². The maximum absolute atomic E-state index is 13.3. The van der Waals surface area contributed by atoms with E-state index in [1.807, 2.05) is 9.80 Å². The van der Waals surface area contributed by atoms with Crippen molar-refractivity contribution >= 4 is 12.2 Å². The zero-order valence-corrected chi connectivity index (χ0v) is 22.9. The monoisotopic (exact) mass is 494 g/mol. The Hall–Kier alpha value is -1.46. The van der Waals surface area contributed by atoms with E-state index < -0.39 is 0 Å². The summed E-state index contributed by atoms with van der Waals surface area (Å²) in [5.41, 5.74) is 0. The third-order valence-electron chi connectivity index (χ3n) is 7.75. The van der Waals surface area contributed by atoms with Crippen LogP contribution >= 0.6 is 0 Å². The van der Waals surface area contributed by atoms with Crippen LogP contribution in [-0.4, -0.2) is 54.0 Å². The predicted octanol–water partition coefficient (Wildman–Crippen LogP) is 8.43. The Morgan fingerprint density at radius 2 is 0.943 bits per heavy atom. The molecule has 0 atom stereocenters. The van der Waals surface area contributed by atoms with Crippen molar-refractivity contribution < 1.29 is 19.1 Å². The van der Waals surface area contributed by atoms with Crippen molar-refractivity contribution in [3.8, 4) is 0 Å². The molecule has 0 spiro atoms. The van der Waals surface area contributed by atoms with Gasteiger partial charge in [0.1, 0.15) is 6.67 Å². The third-order valence-corrected chi connectivity index (χ3v) is 7.75. The SMILES string of the molecule is CCCCCCCOC(=O)N(CN(C(=O)OCCCCCCC)C1CCCCC1)C1CCCCC1. The molecule has 0 saturated heterocycles. The summed E-state index contributed by atoms with van der Waals surface area (Å²) in [7, 11) is 0. The molecule has 0 aromatic rings. The molecule has 2 aliphatic carbocycles. The number of hydrogen-bond acceptors (Lipinski definition) is 4. The highest BCUT2D eigenvalue weighted by Gasteiger charge is 2.34. The Kier molecular flexibility index (Phi) is 16.0. The minimum atomic E-state index is -0.249. The molecule has 6 heteroatoms. The van der Waals surface area contributed by atoms with Crippen LogP contribution in [0.5, 0.6) is 0 Å². The lowest BCUT2D eigenvalue weighted by Gasteiger charge is -2.40. The number of unbranched alkanes of at least 4 members (excludes halogenated alkanes) is 8. The fourth-order valence-corrected chi connectivity index (χ4v) is 5.49. The smallest absolute Gasteiger partial charge is 0.411 e. The topological polar surface area (TPSA) is 59.1 Å². The summed E-state index contributed by atoms with van der Waals surface area (Å²) in [6, 6.07) is 0.313. The average Bonchev–Trinajstić information content (AvgIpc) is 2.89. The van der Waals surface area contributed by atoms with Crippen LogP contribution in [0.2, 0.25) is 0 Å². The molecule has 0 heterocycles. The van der Waals surface area contributed by atoms with Gasteiger partial charge in [0.2, 0.25) is 0 Å². The second-order valence-corrected chi connectivity index (χ2v) is 10.7. The molecule has 0 aliphatic heterocycles. The van der Waals surface area contributed by atoms with Crippen LogP contribution in [0.3, 0.4) is 0 Å². The van der Waals surface area contributed by atoms with Gasteiger partial charge in [-0.25, -0.2) is 9.59 Å². The Morgan fingerprint density at radius 3 is 1.31 bits per heavy atom. The standard InChI is InChI=1S/C29H54N2O4/c1-3-5-7-9-17-23-34-28(32)30(26-19-13-11-14-20-26)25-31(27-21-15-12-16-22-27)29(33)35-24-18-10-8-6-4-2/h26-27H,3-25H2,1-2H3. The van der Waals surface area contributed by atoms with Crippen LogP contribution in [0, 0.1) is 0 Å². The highest BCUT2D eigenvalue weighted by atomic mass is 16.6. The van der Waals surface area contributed by atoms with Crippen molar-refractivity contribution in [2.45, 2.75) is 154 Å². The summed E-state index contributed by atoms with van der Waals surface area (Å²) in [6.07, 6.45) is 21.8. The number of carbonyl (C=O) groups excluding carboxylic acids is 2. The fourth-order valence-electron chi connectivity index (χ4n) is 5.49. The highest BCUT2D eigenvalue weighted by molar-refractivity contribution is 5.71. The van der Waals surface area contributed by atoms with Gasteiger partial charge in [0.25, 0.3) is 0 Å². The summed E-state index contributed by atoms with van der Waals surface area (Å²) in [6.45, 7) is 5.66. The van der Waals surface area contributed by atoms with Gasteiger partial charge in [0.15, 0.2) is 0 Å². The second kappa shape index (κ2) is 18.8. The molecular formula is C29H54N2O4. The van der Waals surface area contributed by atoms with Gasteiger partial charge in [-0.05, 0) is 38.5 Å². The Labute approximate surface area is 215 Å². The van der Waals surface area contributed by atoms with Crippen LogP contribution < -0.4 is 0 Å². The first-order valence-electron chi connectivity index (χ1n) is 15.0. The maximum Gasteiger partial charge on any atom is 0.411 e. The first-order valence-corrected chi connectivity index (χ1v) is 15.0. The van der Waals surface area contributed by atoms with E-state index in [0.717, 1.165) is 77.0 Å². The van der Waals surface area contributed by atoms with E-state index in [1.54, 1.807) is 0 Å². The Morgan fingerprint density at radius 1 is 0.571 bits per heavy atom. The van der Waals surface area contributed by atoms with E-state index >= 15 is 0 Å². The first-order chi connectivity index (χ1) is 17.2. The molecule has 0 bridgehead atoms. The molecule has 6 nitrogen and oxygen atoms in total. The van der Waals surface area contributed by atoms with Gasteiger partial charge in [0, 0.05) is 12.1 Å². The summed E-state index contributed by atoms with van der Waals surface area (Å²) in [4.78, 5) is 30.2. The van der Waals surface area contributed by atoms with E-state index in [-0.39, 0.29) is 24.3 Å². The summed E-state index contributed by atoms with van der Waals surface area (Å²) >= 11 is 0. The van der Waals surface area contributed by atoms with Crippen molar-refractivity contribution in [2.75, 3.05) is 19.9 Å². The maximum atomic E-state index is 13.3. The van der Waals surface area contributed by atoms with Crippen molar-refractivity contribution in [1.82, 2.24) is 9.80 Å². The van der Waals surface area contributed by atoms with Gasteiger partial charge >= 0.3 is 12.2 Å². The number of hydrogen-bond donors (Lipinski definition) is 0. The first kappa shape index (κ1) is 29.8. The fraction of sp³-hybridized carbons (Fsp3) is 0.931. The van der Waals surface area contributed by atoms with E-state index in [0.29, 0.717) is 19.9 Å². The quantitative estimate of drug-likeness (QED) is 0.160. The van der Waals surface area contributed by atoms with Crippen LogP contribution in [0.1, 0.15) is 142 Å². The second-order valence-electron chi connectivity index (χ2n) is 10.7. The molecule has 0 unspecified atom stereocenters. The summed E-state index contributed by atoms with van der Waals surface area (Å²) in [5, 5.41) is 0. The number of amides is 2. The van der Waals surface area contributed by atoms with Gasteiger partial charge in [-0.15, -0.1) is 0 Å². The summed E-state index contributed by atoms with van der Waals surface area (Å²) < 4.78 is 11.5. The van der Waals surface area contributed by atoms with Crippen molar-refractivity contribution in [3.05, 3.63) is 0 Å². The molecule has 35 heavy (non-hydrogen) atoms. The van der Waals surface area contributed by atoms with E-state index in [2.05, 4.69) is 13.8 Å². The molecule has 0 N–H and O–H groups in total. The minimum Gasteiger partial charge on any atom is -0.449 e. The molecule has 0 aromatic carbocycles. The zero-order chi connectivity index (χ0) is 25.1. The predicted molar refractivity (Wildman–Crippen MR) is 143 cm³/mol. The van der Waals surface area contributed by atoms with Crippen LogP contribution in [-0.2, 0) is 9.47 Å². The normalized spacial score (nSPS) is 17.2. The molecular weight excluding hydrogens is 440 g/mol.